The molecule has 0 atom stereocenters. The Hall–Kier alpha value is -3.13. The van der Waals surface area contributed by atoms with Crippen molar-refractivity contribution >= 4 is 34.2 Å². The van der Waals surface area contributed by atoms with Crippen LogP contribution in [-0.2, 0) is 5.54 Å². The Morgan fingerprint density at radius 2 is 1.77 bits per heavy atom. The number of pyridine rings is 1. The zero-order valence-electron chi connectivity index (χ0n) is 23.3. The molecule has 8 heteroatoms. The summed E-state index contributed by atoms with van der Waals surface area (Å²) in [6, 6.07) is 7.17. The van der Waals surface area contributed by atoms with Crippen molar-refractivity contribution in [1.29, 1.82) is 0 Å². The molecule has 1 aliphatic carbocycles. The Bertz CT molecular complexity index is 1320. The van der Waals surface area contributed by atoms with E-state index in [1.165, 1.54) is 76.6 Å². The van der Waals surface area contributed by atoms with Crippen molar-refractivity contribution in [3.8, 4) is 0 Å². The van der Waals surface area contributed by atoms with Crippen LogP contribution >= 0.6 is 0 Å². The SMILES string of the molecule is C=C1NCC2(CCCCC2)n2c1cc1cnc(Nc3ccc(N4CCC(N5CCC(C)CC5)CC4)cn3)nc12. The smallest absolute Gasteiger partial charge is 0.230 e. The quantitative estimate of drug-likeness (QED) is 0.465. The van der Waals surface area contributed by atoms with Crippen LogP contribution in [0, 0.1) is 5.92 Å². The van der Waals surface area contributed by atoms with Crippen LogP contribution in [0.15, 0.2) is 37.2 Å². The van der Waals surface area contributed by atoms with E-state index in [1.54, 1.807) is 0 Å². The summed E-state index contributed by atoms with van der Waals surface area (Å²) in [4.78, 5) is 19.6. The molecule has 0 unspecified atom stereocenters. The van der Waals surface area contributed by atoms with Crippen molar-refractivity contribution in [2.75, 3.05) is 42.9 Å². The Labute approximate surface area is 231 Å². The van der Waals surface area contributed by atoms with Gasteiger partial charge in [0.1, 0.15) is 11.5 Å². The number of anilines is 3. The van der Waals surface area contributed by atoms with Crippen LogP contribution in [0.3, 0.4) is 0 Å². The van der Waals surface area contributed by atoms with Crippen LogP contribution < -0.4 is 15.5 Å². The van der Waals surface area contributed by atoms with Gasteiger partial charge in [-0.3, -0.25) is 0 Å². The Kier molecular flexibility index (Phi) is 6.46. The molecule has 4 aliphatic rings. The first-order valence-corrected chi connectivity index (χ1v) is 15.1. The highest BCUT2D eigenvalue weighted by molar-refractivity contribution is 5.84. The molecular formula is C31H42N8. The first-order chi connectivity index (χ1) is 19.1. The largest absolute Gasteiger partial charge is 0.381 e. The van der Waals surface area contributed by atoms with E-state index in [2.05, 4.69) is 61.7 Å². The average molecular weight is 527 g/mol. The van der Waals surface area contributed by atoms with E-state index in [9.17, 15) is 0 Å². The molecule has 3 aromatic heterocycles. The van der Waals surface area contributed by atoms with Gasteiger partial charge in [-0.1, -0.05) is 32.8 Å². The molecule has 1 saturated carbocycles. The molecule has 6 heterocycles. The second-order valence-electron chi connectivity index (χ2n) is 12.4. The fourth-order valence-corrected chi connectivity index (χ4v) is 7.45. The summed E-state index contributed by atoms with van der Waals surface area (Å²) < 4.78 is 2.46. The summed E-state index contributed by atoms with van der Waals surface area (Å²) in [6.07, 6.45) is 15.3. The zero-order valence-corrected chi connectivity index (χ0v) is 23.3. The highest BCUT2D eigenvalue weighted by Crippen LogP contribution is 2.42. The summed E-state index contributed by atoms with van der Waals surface area (Å²) >= 11 is 0. The van der Waals surface area contributed by atoms with E-state index in [0.29, 0.717) is 5.95 Å². The monoisotopic (exact) mass is 526 g/mol. The standard InChI is InChI=1S/C31H42N8/c1-22-8-14-37(15-9-22)25-10-16-38(17-11-25)26-6-7-28(32-20-26)35-30-33-19-24-18-27-23(2)34-21-31(12-4-3-5-13-31)39(27)29(24)36-30/h6-7,18-20,22,25,34H,2-5,8-17,21H2,1H3,(H,32,33,35,36). The average Bonchev–Trinajstić information content (AvgIpc) is 3.37. The van der Waals surface area contributed by atoms with Crippen molar-refractivity contribution in [3.63, 3.8) is 0 Å². The fourth-order valence-electron chi connectivity index (χ4n) is 7.45. The Morgan fingerprint density at radius 3 is 2.51 bits per heavy atom. The molecule has 3 aromatic rings. The Balaban J connectivity index is 1.05. The molecule has 3 aliphatic heterocycles. The zero-order chi connectivity index (χ0) is 26.4. The van der Waals surface area contributed by atoms with Crippen LogP contribution in [-0.4, -0.2) is 63.2 Å². The molecule has 2 saturated heterocycles. The van der Waals surface area contributed by atoms with Gasteiger partial charge < -0.3 is 25.0 Å². The third-order valence-corrected chi connectivity index (χ3v) is 9.89. The lowest BCUT2D eigenvalue weighted by Crippen LogP contribution is -2.48. The van der Waals surface area contributed by atoms with E-state index in [0.717, 1.165) is 59.8 Å². The van der Waals surface area contributed by atoms with Crippen molar-refractivity contribution in [1.82, 2.24) is 29.7 Å². The minimum Gasteiger partial charge on any atom is -0.381 e. The lowest BCUT2D eigenvalue weighted by molar-refractivity contribution is 0.120. The molecule has 0 bridgehead atoms. The van der Waals surface area contributed by atoms with E-state index >= 15 is 0 Å². The fraction of sp³-hybridized carbons (Fsp3) is 0.581. The van der Waals surface area contributed by atoms with Gasteiger partial charge in [-0.2, -0.15) is 4.98 Å². The number of hydrogen-bond donors (Lipinski definition) is 2. The summed E-state index contributed by atoms with van der Waals surface area (Å²) in [6.45, 7) is 12.4. The molecular weight excluding hydrogens is 484 g/mol. The van der Waals surface area contributed by atoms with Gasteiger partial charge in [0.05, 0.1) is 28.8 Å². The molecule has 8 nitrogen and oxygen atoms in total. The van der Waals surface area contributed by atoms with Gasteiger partial charge in [0.25, 0.3) is 0 Å². The predicted molar refractivity (Wildman–Crippen MR) is 158 cm³/mol. The van der Waals surface area contributed by atoms with Crippen LogP contribution in [0.5, 0.6) is 0 Å². The summed E-state index contributed by atoms with van der Waals surface area (Å²) in [7, 11) is 0. The molecule has 0 aromatic carbocycles. The number of aromatic nitrogens is 4. The van der Waals surface area contributed by atoms with Crippen LogP contribution in [0.2, 0.25) is 0 Å². The molecule has 206 valence electrons. The number of hydrogen-bond acceptors (Lipinski definition) is 7. The summed E-state index contributed by atoms with van der Waals surface area (Å²) in [5.41, 5.74) is 4.39. The van der Waals surface area contributed by atoms with E-state index in [1.807, 2.05) is 12.4 Å². The molecule has 39 heavy (non-hydrogen) atoms. The highest BCUT2D eigenvalue weighted by atomic mass is 15.2. The number of rotatable bonds is 4. The lowest BCUT2D eigenvalue weighted by atomic mass is 9.80. The maximum atomic E-state index is 5.01. The van der Waals surface area contributed by atoms with Crippen molar-refractivity contribution in [2.24, 2.45) is 5.92 Å². The molecule has 0 amide bonds. The van der Waals surface area contributed by atoms with Crippen LogP contribution in [0.1, 0.15) is 70.4 Å². The number of piperidine rings is 2. The maximum absolute atomic E-state index is 5.01. The van der Waals surface area contributed by atoms with Crippen LogP contribution in [0.25, 0.3) is 16.7 Å². The normalized spacial score (nSPS) is 22.7. The molecule has 1 spiro atoms. The van der Waals surface area contributed by atoms with E-state index in [-0.39, 0.29) is 5.54 Å². The summed E-state index contributed by atoms with van der Waals surface area (Å²) in [5.74, 6) is 2.26. The van der Waals surface area contributed by atoms with E-state index in [4.69, 9.17) is 9.97 Å². The molecule has 0 radical (unpaired) electrons. The maximum Gasteiger partial charge on any atom is 0.230 e. The molecule has 3 fully saturated rings. The minimum atomic E-state index is 0.0713. The van der Waals surface area contributed by atoms with Crippen molar-refractivity contribution in [2.45, 2.75) is 76.3 Å². The van der Waals surface area contributed by atoms with Gasteiger partial charge in [-0.25, -0.2) is 9.97 Å². The van der Waals surface area contributed by atoms with Crippen molar-refractivity contribution < 1.29 is 0 Å². The number of fused-ring (bicyclic) bond motifs is 4. The third-order valence-electron chi connectivity index (χ3n) is 9.89. The first kappa shape index (κ1) is 24.9. The second kappa shape index (κ2) is 10.1. The number of nitrogens with one attached hydrogen (secondary N) is 2. The second-order valence-corrected chi connectivity index (χ2v) is 12.4. The van der Waals surface area contributed by atoms with Crippen molar-refractivity contribution in [3.05, 3.63) is 42.9 Å². The predicted octanol–water partition coefficient (Wildman–Crippen LogP) is 5.50. The Morgan fingerprint density at radius 1 is 0.974 bits per heavy atom. The van der Waals surface area contributed by atoms with Gasteiger partial charge in [-0.15, -0.1) is 0 Å². The number of nitrogens with zero attached hydrogens (tertiary/aromatic N) is 6. The van der Waals surface area contributed by atoms with Gasteiger partial charge in [0, 0.05) is 37.3 Å². The summed E-state index contributed by atoms with van der Waals surface area (Å²) in [5, 5.41) is 8.01. The molecule has 2 N–H and O–H groups in total. The third kappa shape index (κ3) is 4.66. The van der Waals surface area contributed by atoms with Gasteiger partial charge in [0.15, 0.2) is 0 Å². The molecule has 7 rings (SSSR count). The van der Waals surface area contributed by atoms with Gasteiger partial charge in [-0.05, 0) is 75.7 Å². The number of likely N-dealkylation sites (tertiary alicyclic amines) is 1. The van der Waals surface area contributed by atoms with Gasteiger partial charge >= 0.3 is 0 Å². The highest BCUT2D eigenvalue weighted by Gasteiger charge is 2.40. The topological polar surface area (TPSA) is 74.1 Å². The lowest BCUT2D eigenvalue weighted by Gasteiger charge is -2.44. The van der Waals surface area contributed by atoms with Crippen LogP contribution in [0.4, 0.5) is 17.5 Å². The van der Waals surface area contributed by atoms with Gasteiger partial charge in [0.2, 0.25) is 5.95 Å². The first-order valence-electron chi connectivity index (χ1n) is 15.1. The minimum absolute atomic E-state index is 0.0713. The van der Waals surface area contributed by atoms with E-state index < -0.39 is 0 Å².